The molecule has 2 aromatic carbocycles. The van der Waals surface area contributed by atoms with Gasteiger partial charge in [0.25, 0.3) is 0 Å². The molecule has 0 fully saturated rings. The number of thiol groups is 1. The molecule has 1 heterocycles. The standard InChI is InChI=1S/C29H40N6O2S/c1-5-6-9-16-35(29(37)21(4)30-28(36)24(19-38)17-20(2)3)18-22-12-14-23(15-13-22)25-10-7-8-11-26(25)27-31-33-34-32-27/h7-8,10-15,20-21,24,38H,5-6,9,16-19H2,1-4H3,(H,30,36)(H,31,32,33,34)/t21-,24?/m0/s1. The van der Waals surface area contributed by atoms with Crippen molar-refractivity contribution in [2.45, 2.75) is 66.0 Å². The molecular formula is C29H40N6O2S. The third-order valence-electron chi connectivity index (χ3n) is 6.57. The second-order valence-electron chi connectivity index (χ2n) is 10.2. The van der Waals surface area contributed by atoms with Gasteiger partial charge in [-0.1, -0.05) is 82.1 Å². The van der Waals surface area contributed by atoms with Gasteiger partial charge in [0.2, 0.25) is 17.6 Å². The number of hydrogen-bond donors (Lipinski definition) is 3. The average Bonchev–Trinajstić information content (AvgIpc) is 3.46. The van der Waals surface area contributed by atoms with E-state index in [2.05, 4.69) is 71.5 Å². The number of carbonyl (C=O) groups is 2. The molecule has 0 bridgehead atoms. The van der Waals surface area contributed by atoms with Gasteiger partial charge in [-0.15, -0.1) is 10.2 Å². The quantitative estimate of drug-likeness (QED) is 0.195. The van der Waals surface area contributed by atoms with E-state index in [1.54, 1.807) is 6.92 Å². The van der Waals surface area contributed by atoms with Crippen molar-refractivity contribution in [3.8, 4) is 22.5 Å². The summed E-state index contributed by atoms with van der Waals surface area (Å²) in [5.74, 6) is 1.02. The Morgan fingerprint density at radius 3 is 2.34 bits per heavy atom. The maximum Gasteiger partial charge on any atom is 0.245 e. The van der Waals surface area contributed by atoms with E-state index >= 15 is 0 Å². The topological polar surface area (TPSA) is 104 Å². The summed E-state index contributed by atoms with van der Waals surface area (Å²) in [7, 11) is 0. The first-order valence-corrected chi connectivity index (χ1v) is 14.1. The molecule has 38 heavy (non-hydrogen) atoms. The maximum absolute atomic E-state index is 13.4. The number of benzene rings is 2. The third-order valence-corrected chi connectivity index (χ3v) is 7.01. The number of nitrogens with zero attached hydrogens (tertiary/aromatic N) is 4. The Morgan fingerprint density at radius 2 is 1.74 bits per heavy atom. The molecule has 0 aliphatic carbocycles. The summed E-state index contributed by atoms with van der Waals surface area (Å²) in [6.45, 7) is 9.23. The van der Waals surface area contributed by atoms with E-state index in [0.29, 0.717) is 30.6 Å². The molecule has 1 unspecified atom stereocenters. The highest BCUT2D eigenvalue weighted by Gasteiger charge is 2.26. The molecule has 0 aliphatic rings. The van der Waals surface area contributed by atoms with Crippen LogP contribution in [0.15, 0.2) is 48.5 Å². The van der Waals surface area contributed by atoms with E-state index in [1.165, 1.54) is 0 Å². The van der Waals surface area contributed by atoms with Crippen molar-refractivity contribution in [3.05, 3.63) is 54.1 Å². The first-order chi connectivity index (χ1) is 18.3. The third kappa shape index (κ3) is 8.15. The van der Waals surface area contributed by atoms with Crippen LogP contribution in [0.1, 0.15) is 58.9 Å². The summed E-state index contributed by atoms with van der Waals surface area (Å²) >= 11 is 4.36. The first-order valence-electron chi connectivity index (χ1n) is 13.5. The maximum atomic E-state index is 13.4. The Bertz CT molecular complexity index is 1150. The van der Waals surface area contributed by atoms with E-state index in [0.717, 1.165) is 47.9 Å². The van der Waals surface area contributed by atoms with E-state index in [4.69, 9.17) is 0 Å². The Balaban J connectivity index is 1.73. The number of nitrogens with one attached hydrogen (secondary N) is 2. The van der Waals surface area contributed by atoms with E-state index in [-0.39, 0.29) is 17.7 Å². The molecule has 0 spiro atoms. The zero-order valence-corrected chi connectivity index (χ0v) is 23.7. The molecule has 3 rings (SSSR count). The Labute approximate surface area is 231 Å². The molecule has 0 saturated heterocycles. The van der Waals surface area contributed by atoms with Crippen LogP contribution in [0.3, 0.4) is 0 Å². The zero-order valence-electron chi connectivity index (χ0n) is 22.9. The highest BCUT2D eigenvalue weighted by Crippen LogP contribution is 2.30. The average molecular weight is 537 g/mol. The Hall–Kier alpha value is -3.20. The predicted molar refractivity (Wildman–Crippen MR) is 154 cm³/mol. The van der Waals surface area contributed by atoms with Crippen LogP contribution in [0.5, 0.6) is 0 Å². The molecule has 9 heteroatoms. The summed E-state index contributed by atoms with van der Waals surface area (Å²) in [6, 6.07) is 15.5. The van der Waals surface area contributed by atoms with Crippen LogP contribution in [0.25, 0.3) is 22.5 Å². The summed E-state index contributed by atoms with van der Waals surface area (Å²) in [4.78, 5) is 28.1. The van der Waals surface area contributed by atoms with Crippen molar-refractivity contribution in [2.24, 2.45) is 11.8 Å². The molecular weight excluding hydrogens is 496 g/mol. The highest BCUT2D eigenvalue weighted by atomic mass is 32.1. The normalized spacial score (nSPS) is 12.8. The zero-order chi connectivity index (χ0) is 27.5. The molecule has 2 atom stereocenters. The van der Waals surface area contributed by atoms with E-state index < -0.39 is 6.04 Å². The monoisotopic (exact) mass is 536 g/mol. The van der Waals surface area contributed by atoms with Crippen LogP contribution >= 0.6 is 12.6 Å². The van der Waals surface area contributed by atoms with Crippen molar-refractivity contribution in [2.75, 3.05) is 12.3 Å². The number of carbonyl (C=O) groups excluding carboxylic acids is 2. The van der Waals surface area contributed by atoms with Gasteiger partial charge in [0.15, 0.2) is 0 Å². The number of hydrogen-bond acceptors (Lipinski definition) is 6. The first kappa shape index (κ1) is 29.4. The van der Waals surface area contributed by atoms with Gasteiger partial charge in [-0.05, 0) is 47.6 Å². The minimum atomic E-state index is -0.597. The van der Waals surface area contributed by atoms with Crippen molar-refractivity contribution >= 4 is 24.4 Å². The number of unbranched alkanes of at least 4 members (excludes halogenated alkanes) is 2. The van der Waals surface area contributed by atoms with Crippen LogP contribution in [-0.4, -0.2) is 55.7 Å². The van der Waals surface area contributed by atoms with Gasteiger partial charge in [0.1, 0.15) is 6.04 Å². The van der Waals surface area contributed by atoms with Crippen molar-refractivity contribution in [1.82, 2.24) is 30.8 Å². The highest BCUT2D eigenvalue weighted by molar-refractivity contribution is 7.80. The minimum absolute atomic E-state index is 0.0663. The van der Waals surface area contributed by atoms with E-state index in [1.807, 2.05) is 41.3 Å². The molecule has 0 aliphatic heterocycles. The van der Waals surface area contributed by atoms with Gasteiger partial charge >= 0.3 is 0 Å². The van der Waals surface area contributed by atoms with Crippen LogP contribution in [0, 0.1) is 11.8 Å². The van der Waals surface area contributed by atoms with Crippen LogP contribution in [0.4, 0.5) is 0 Å². The minimum Gasteiger partial charge on any atom is -0.344 e. The number of tetrazole rings is 1. The van der Waals surface area contributed by atoms with Gasteiger partial charge in [-0.2, -0.15) is 17.8 Å². The fourth-order valence-electron chi connectivity index (χ4n) is 4.54. The molecule has 0 radical (unpaired) electrons. The second-order valence-corrected chi connectivity index (χ2v) is 10.5. The van der Waals surface area contributed by atoms with Gasteiger partial charge in [-0.25, -0.2) is 0 Å². The Morgan fingerprint density at radius 1 is 1.03 bits per heavy atom. The summed E-state index contributed by atoms with van der Waals surface area (Å²) in [5, 5.41) is 17.4. The predicted octanol–water partition coefficient (Wildman–Crippen LogP) is 5.15. The van der Waals surface area contributed by atoms with E-state index in [9.17, 15) is 9.59 Å². The molecule has 0 saturated carbocycles. The molecule has 204 valence electrons. The van der Waals surface area contributed by atoms with Gasteiger partial charge in [0.05, 0.1) is 0 Å². The van der Waals surface area contributed by atoms with Gasteiger partial charge in [-0.3, -0.25) is 9.59 Å². The number of aromatic amines is 1. The van der Waals surface area contributed by atoms with Crippen molar-refractivity contribution in [3.63, 3.8) is 0 Å². The molecule has 3 aromatic rings. The number of rotatable bonds is 14. The lowest BCUT2D eigenvalue weighted by Crippen LogP contribution is -2.48. The van der Waals surface area contributed by atoms with Gasteiger partial charge < -0.3 is 10.2 Å². The lowest BCUT2D eigenvalue weighted by molar-refractivity contribution is -0.137. The fraction of sp³-hybridized carbons (Fsp3) is 0.483. The van der Waals surface area contributed by atoms with Crippen molar-refractivity contribution in [1.29, 1.82) is 0 Å². The second kappa shape index (κ2) is 14.7. The SMILES string of the molecule is CCCCCN(Cc1ccc(-c2ccccc2-c2nn[nH]n2)cc1)C(=O)[C@H](C)NC(=O)C(CS)CC(C)C. The number of H-pyrrole nitrogens is 1. The van der Waals surface area contributed by atoms with Crippen LogP contribution in [0.2, 0.25) is 0 Å². The lowest BCUT2D eigenvalue weighted by Gasteiger charge is -2.27. The molecule has 1 aromatic heterocycles. The largest absolute Gasteiger partial charge is 0.344 e. The van der Waals surface area contributed by atoms with Crippen LogP contribution in [-0.2, 0) is 16.1 Å². The number of amides is 2. The molecule has 8 nitrogen and oxygen atoms in total. The summed E-state index contributed by atoms with van der Waals surface area (Å²) < 4.78 is 0. The fourth-order valence-corrected chi connectivity index (χ4v) is 4.85. The van der Waals surface area contributed by atoms with Crippen molar-refractivity contribution < 1.29 is 9.59 Å². The van der Waals surface area contributed by atoms with Gasteiger partial charge in [0, 0.05) is 30.3 Å². The summed E-state index contributed by atoms with van der Waals surface area (Å²) in [5.41, 5.74) is 3.96. The lowest BCUT2D eigenvalue weighted by atomic mass is 9.97. The smallest absolute Gasteiger partial charge is 0.245 e. The number of aromatic nitrogens is 4. The van der Waals surface area contributed by atoms with Crippen LogP contribution < -0.4 is 5.32 Å². The molecule has 2 amide bonds. The molecule has 2 N–H and O–H groups in total. The summed E-state index contributed by atoms with van der Waals surface area (Å²) in [6.07, 6.45) is 3.79. The Kier molecular flexibility index (Phi) is 11.3.